The number of aliphatic hydroxyl groups excluding tert-OH is 1. The minimum Gasteiger partial charge on any atom is -0.510 e. The molecular formula is C21H30O5. The highest BCUT2D eigenvalue weighted by Crippen LogP contribution is 2.72. The molecule has 144 valence electrons. The van der Waals surface area contributed by atoms with Gasteiger partial charge in [-0.15, -0.1) is 0 Å². The van der Waals surface area contributed by atoms with Gasteiger partial charge in [0.2, 0.25) is 0 Å². The van der Waals surface area contributed by atoms with Crippen molar-refractivity contribution in [3.05, 3.63) is 11.3 Å². The molecule has 0 aromatic rings. The van der Waals surface area contributed by atoms with Crippen LogP contribution in [0.2, 0.25) is 0 Å². The van der Waals surface area contributed by atoms with Crippen molar-refractivity contribution in [2.24, 2.45) is 34.0 Å². The summed E-state index contributed by atoms with van der Waals surface area (Å²) in [6.07, 6.45) is 0.557. The van der Waals surface area contributed by atoms with E-state index in [4.69, 9.17) is 0 Å². The van der Waals surface area contributed by atoms with Gasteiger partial charge < -0.3 is 10.2 Å². The Kier molecular flexibility index (Phi) is 3.75. The van der Waals surface area contributed by atoms with Crippen molar-refractivity contribution in [2.75, 3.05) is 0 Å². The van der Waals surface area contributed by atoms with E-state index in [0.717, 1.165) is 0 Å². The lowest BCUT2D eigenvalue weighted by molar-refractivity contribution is -0.144. The molecule has 0 heterocycles. The van der Waals surface area contributed by atoms with Crippen LogP contribution in [0.5, 0.6) is 0 Å². The fourth-order valence-electron chi connectivity index (χ4n) is 6.13. The molecule has 3 aliphatic carbocycles. The minimum atomic E-state index is -1.31. The molecule has 0 aliphatic heterocycles. The third-order valence-electron chi connectivity index (χ3n) is 7.45. The minimum absolute atomic E-state index is 0.184. The smallest absolute Gasteiger partial charge is 0.183 e. The molecule has 1 spiro atoms. The van der Waals surface area contributed by atoms with E-state index in [1.165, 1.54) is 0 Å². The van der Waals surface area contributed by atoms with Gasteiger partial charge in [0.1, 0.15) is 11.3 Å². The van der Waals surface area contributed by atoms with Gasteiger partial charge in [-0.05, 0) is 50.9 Å². The van der Waals surface area contributed by atoms with E-state index in [1.807, 2.05) is 13.8 Å². The molecule has 0 radical (unpaired) electrons. The zero-order chi connectivity index (χ0) is 20.0. The normalized spacial score (nSPS) is 39.0. The Bertz CT molecular complexity index is 751. The van der Waals surface area contributed by atoms with Crippen molar-refractivity contribution in [3.8, 4) is 0 Å². The van der Waals surface area contributed by atoms with Crippen LogP contribution >= 0.6 is 0 Å². The Labute approximate surface area is 154 Å². The summed E-state index contributed by atoms with van der Waals surface area (Å²) in [7, 11) is 0. The van der Waals surface area contributed by atoms with Crippen molar-refractivity contribution in [1.29, 1.82) is 0 Å². The summed E-state index contributed by atoms with van der Waals surface area (Å²) < 4.78 is 0. The predicted octanol–water partition coefficient (Wildman–Crippen LogP) is 3.01. The number of aliphatic hydroxyl groups is 2. The molecule has 26 heavy (non-hydrogen) atoms. The molecule has 3 rings (SSSR count). The number of carbonyl (C=O) groups is 3. The number of hydrogen-bond donors (Lipinski definition) is 2. The average Bonchev–Trinajstić information content (AvgIpc) is 2.85. The highest BCUT2D eigenvalue weighted by molar-refractivity contribution is 6.32. The van der Waals surface area contributed by atoms with Crippen molar-refractivity contribution < 1.29 is 24.6 Å². The maximum Gasteiger partial charge on any atom is 0.183 e. The lowest BCUT2D eigenvalue weighted by atomic mass is 9.64. The van der Waals surface area contributed by atoms with E-state index in [0.29, 0.717) is 6.42 Å². The first-order chi connectivity index (χ1) is 11.6. The van der Waals surface area contributed by atoms with Crippen LogP contribution in [0, 0.1) is 34.0 Å². The Morgan fingerprint density at radius 2 is 1.69 bits per heavy atom. The van der Waals surface area contributed by atoms with Crippen LogP contribution in [0.4, 0.5) is 0 Å². The second kappa shape index (κ2) is 5.06. The molecular weight excluding hydrogens is 332 g/mol. The first kappa shape index (κ1) is 19.3. The first-order valence-electron chi connectivity index (χ1n) is 9.43. The van der Waals surface area contributed by atoms with Crippen molar-refractivity contribution in [2.45, 2.75) is 66.9 Å². The lowest BCUT2D eigenvalue weighted by Crippen LogP contribution is -2.49. The topological polar surface area (TPSA) is 91.7 Å². The second-order valence-electron chi connectivity index (χ2n) is 10.2. The average molecular weight is 362 g/mol. The van der Waals surface area contributed by atoms with Gasteiger partial charge in [0.25, 0.3) is 0 Å². The third-order valence-corrected chi connectivity index (χ3v) is 7.45. The summed E-state index contributed by atoms with van der Waals surface area (Å²) in [5.74, 6) is -2.57. The molecule has 3 aliphatic rings. The monoisotopic (exact) mass is 362 g/mol. The highest BCUT2D eigenvalue weighted by Gasteiger charge is 2.77. The van der Waals surface area contributed by atoms with Gasteiger partial charge >= 0.3 is 0 Å². The van der Waals surface area contributed by atoms with E-state index in [9.17, 15) is 24.6 Å². The molecule has 0 aromatic carbocycles. The summed E-state index contributed by atoms with van der Waals surface area (Å²) in [6, 6.07) is 0. The molecule has 0 unspecified atom stereocenters. The van der Waals surface area contributed by atoms with E-state index < -0.39 is 39.3 Å². The van der Waals surface area contributed by atoms with Gasteiger partial charge in [-0.1, -0.05) is 27.7 Å². The largest absolute Gasteiger partial charge is 0.510 e. The Balaban J connectivity index is 2.25. The molecule has 2 bridgehead atoms. The SMILES string of the molecule is CC(C)C(=O)C1=C(O)[C@]2(C)C[C@H]3C(C)(C)[C@@H](C(C)(C)O)C[C@@]3(C1=O)C2=O. The van der Waals surface area contributed by atoms with Crippen LogP contribution in [-0.2, 0) is 14.4 Å². The predicted molar refractivity (Wildman–Crippen MR) is 96.3 cm³/mol. The number of Topliss-reactive ketones (excluding diaryl/α,β-unsaturated/α-hetero) is 3. The molecule has 0 amide bonds. The van der Waals surface area contributed by atoms with Crippen LogP contribution in [0.25, 0.3) is 0 Å². The standard InChI is InChI=1S/C21H30O5/c1-10(2)14(22)13-15(23)20(7)8-12-18(3,4)11(19(5,6)26)9-21(12,16(13)24)17(20)25/h10-12,23,26H,8-9H2,1-7H3/t11-,12-,20-,21+/m0/s1. The quantitative estimate of drug-likeness (QED) is 0.595. The Hall–Kier alpha value is -1.49. The van der Waals surface area contributed by atoms with Gasteiger partial charge in [-0.3, -0.25) is 14.4 Å². The fourth-order valence-corrected chi connectivity index (χ4v) is 6.13. The van der Waals surface area contributed by atoms with Crippen LogP contribution < -0.4 is 0 Å². The van der Waals surface area contributed by atoms with Crippen molar-refractivity contribution in [3.63, 3.8) is 0 Å². The molecule has 5 heteroatoms. The van der Waals surface area contributed by atoms with Gasteiger partial charge in [0, 0.05) is 5.92 Å². The second-order valence-corrected chi connectivity index (χ2v) is 10.2. The fraction of sp³-hybridized carbons (Fsp3) is 0.762. The van der Waals surface area contributed by atoms with Gasteiger partial charge in [0.15, 0.2) is 17.3 Å². The van der Waals surface area contributed by atoms with E-state index in [1.54, 1.807) is 34.6 Å². The molecule has 2 N–H and O–H groups in total. The number of ketones is 3. The zero-order valence-electron chi connectivity index (χ0n) is 16.8. The number of fused-ring (bicyclic) bond motifs is 1. The summed E-state index contributed by atoms with van der Waals surface area (Å²) in [5.41, 5.74) is -4.21. The van der Waals surface area contributed by atoms with Gasteiger partial charge in [0.05, 0.1) is 16.4 Å². The lowest BCUT2D eigenvalue weighted by Gasteiger charge is -2.40. The number of carbonyl (C=O) groups excluding carboxylic acids is 3. The van der Waals surface area contributed by atoms with Gasteiger partial charge in [-0.2, -0.15) is 0 Å². The third kappa shape index (κ3) is 1.98. The highest BCUT2D eigenvalue weighted by atomic mass is 16.3. The Morgan fingerprint density at radius 3 is 2.15 bits per heavy atom. The molecule has 0 saturated heterocycles. The first-order valence-corrected chi connectivity index (χ1v) is 9.43. The van der Waals surface area contributed by atoms with Crippen LogP contribution in [-0.4, -0.2) is 33.2 Å². The molecule has 2 fully saturated rings. The van der Waals surface area contributed by atoms with Gasteiger partial charge in [-0.25, -0.2) is 0 Å². The number of allylic oxidation sites excluding steroid dienone is 2. The molecule has 2 saturated carbocycles. The van der Waals surface area contributed by atoms with Crippen molar-refractivity contribution >= 4 is 17.3 Å². The summed E-state index contributed by atoms with van der Waals surface area (Å²) in [6.45, 7) is 12.4. The van der Waals surface area contributed by atoms with E-state index in [-0.39, 0.29) is 35.4 Å². The zero-order valence-corrected chi connectivity index (χ0v) is 16.8. The molecule has 0 aromatic heterocycles. The van der Waals surface area contributed by atoms with Crippen LogP contribution in [0.1, 0.15) is 61.3 Å². The number of hydrogen-bond acceptors (Lipinski definition) is 5. The summed E-state index contributed by atoms with van der Waals surface area (Å²) >= 11 is 0. The molecule has 5 nitrogen and oxygen atoms in total. The maximum absolute atomic E-state index is 13.5. The summed E-state index contributed by atoms with van der Waals surface area (Å²) in [5, 5.41) is 21.5. The molecule has 4 atom stereocenters. The summed E-state index contributed by atoms with van der Waals surface area (Å²) in [4.78, 5) is 39.7. The van der Waals surface area contributed by atoms with E-state index >= 15 is 0 Å². The Morgan fingerprint density at radius 1 is 1.15 bits per heavy atom. The number of rotatable bonds is 3. The maximum atomic E-state index is 13.5. The van der Waals surface area contributed by atoms with E-state index in [2.05, 4.69) is 0 Å². The van der Waals surface area contributed by atoms with Crippen LogP contribution in [0.15, 0.2) is 11.3 Å². The van der Waals surface area contributed by atoms with Crippen LogP contribution in [0.3, 0.4) is 0 Å². The van der Waals surface area contributed by atoms with Crippen molar-refractivity contribution in [1.82, 2.24) is 0 Å².